The quantitative estimate of drug-likeness (QED) is 0.724. The van der Waals surface area contributed by atoms with E-state index in [0.29, 0.717) is 0 Å². The summed E-state index contributed by atoms with van der Waals surface area (Å²) in [5.41, 5.74) is 3.52. The molecule has 0 aromatic heterocycles. The third-order valence-corrected chi connectivity index (χ3v) is 4.35. The standard InChI is InChI=1S/C21H23F2NO/c1-24(12-2-4-16-6-10-19(11-7-16)21(22)23)15-17-8-9-18-5-3-13-25-20(18)14-17/h2,4,6-11,14,21H,3,5,12-13,15H2,1H3. The lowest BCUT2D eigenvalue weighted by atomic mass is 10.0. The van der Waals surface area contributed by atoms with Crippen molar-refractivity contribution in [1.82, 2.24) is 4.90 Å². The van der Waals surface area contributed by atoms with E-state index >= 15 is 0 Å². The molecule has 1 heterocycles. The number of rotatable bonds is 6. The molecule has 0 N–H and O–H groups in total. The van der Waals surface area contributed by atoms with E-state index in [1.807, 2.05) is 12.2 Å². The molecule has 0 aliphatic carbocycles. The van der Waals surface area contributed by atoms with Gasteiger partial charge in [-0.1, -0.05) is 48.6 Å². The topological polar surface area (TPSA) is 12.5 Å². The van der Waals surface area contributed by atoms with Gasteiger partial charge in [-0.2, -0.15) is 0 Å². The Hall–Kier alpha value is -2.20. The summed E-state index contributed by atoms with van der Waals surface area (Å²) in [4.78, 5) is 2.20. The summed E-state index contributed by atoms with van der Waals surface area (Å²) in [6.07, 6.45) is 3.78. The molecule has 0 amide bonds. The van der Waals surface area contributed by atoms with Gasteiger partial charge in [0, 0.05) is 18.7 Å². The monoisotopic (exact) mass is 343 g/mol. The number of ether oxygens (including phenoxy) is 1. The largest absolute Gasteiger partial charge is 0.493 e. The molecule has 0 bridgehead atoms. The molecular formula is C21H23F2NO. The van der Waals surface area contributed by atoms with Crippen molar-refractivity contribution < 1.29 is 13.5 Å². The molecule has 1 aliphatic rings. The van der Waals surface area contributed by atoms with Gasteiger partial charge in [-0.15, -0.1) is 0 Å². The summed E-state index contributed by atoms with van der Waals surface area (Å²) in [6.45, 7) is 2.43. The zero-order valence-electron chi connectivity index (χ0n) is 14.4. The van der Waals surface area contributed by atoms with Gasteiger partial charge >= 0.3 is 0 Å². The van der Waals surface area contributed by atoms with Crippen molar-refractivity contribution in [3.63, 3.8) is 0 Å². The first-order chi connectivity index (χ1) is 12.1. The number of fused-ring (bicyclic) bond motifs is 1. The lowest BCUT2D eigenvalue weighted by Crippen LogP contribution is -2.18. The molecule has 0 saturated carbocycles. The van der Waals surface area contributed by atoms with Crippen LogP contribution in [-0.2, 0) is 13.0 Å². The smallest absolute Gasteiger partial charge is 0.263 e. The van der Waals surface area contributed by atoms with Crippen molar-refractivity contribution >= 4 is 6.08 Å². The van der Waals surface area contributed by atoms with Crippen LogP contribution >= 0.6 is 0 Å². The minimum Gasteiger partial charge on any atom is -0.493 e. The third kappa shape index (κ3) is 4.89. The van der Waals surface area contributed by atoms with Crippen molar-refractivity contribution in [3.05, 3.63) is 70.8 Å². The number of nitrogens with zero attached hydrogens (tertiary/aromatic N) is 1. The molecule has 1 aliphatic heterocycles. The van der Waals surface area contributed by atoms with Crippen LogP contribution in [0.15, 0.2) is 48.5 Å². The first-order valence-corrected chi connectivity index (χ1v) is 8.59. The Labute approximate surface area is 147 Å². The number of benzene rings is 2. The van der Waals surface area contributed by atoms with Crippen LogP contribution in [0.1, 0.15) is 35.1 Å². The molecule has 2 aromatic carbocycles. The van der Waals surface area contributed by atoms with Gasteiger partial charge in [-0.3, -0.25) is 4.90 Å². The average molecular weight is 343 g/mol. The van der Waals surface area contributed by atoms with Crippen molar-refractivity contribution in [2.45, 2.75) is 25.8 Å². The number of hydrogen-bond donors (Lipinski definition) is 0. The number of hydrogen-bond acceptors (Lipinski definition) is 2. The van der Waals surface area contributed by atoms with Gasteiger partial charge in [0.15, 0.2) is 0 Å². The highest BCUT2D eigenvalue weighted by molar-refractivity contribution is 5.50. The second-order valence-electron chi connectivity index (χ2n) is 6.46. The summed E-state index contributed by atoms with van der Waals surface area (Å²) in [6, 6.07) is 12.9. The van der Waals surface area contributed by atoms with Gasteiger partial charge < -0.3 is 4.74 Å². The summed E-state index contributed by atoms with van der Waals surface area (Å²) in [5, 5.41) is 0. The highest BCUT2D eigenvalue weighted by atomic mass is 19.3. The Balaban J connectivity index is 1.53. The Bertz CT molecular complexity index is 725. The molecule has 2 aromatic rings. The molecule has 0 fully saturated rings. The Morgan fingerprint density at radius 2 is 1.96 bits per heavy atom. The molecule has 132 valence electrons. The predicted octanol–water partition coefficient (Wildman–Crippen LogP) is 5.09. The molecule has 0 radical (unpaired) electrons. The molecule has 4 heteroatoms. The van der Waals surface area contributed by atoms with Gasteiger partial charge in [-0.05, 0) is 42.6 Å². The van der Waals surface area contributed by atoms with Crippen molar-refractivity contribution in [2.75, 3.05) is 20.2 Å². The zero-order chi connectivity index (χ0) is 17.6. The summed E-state index contributed by atoms with van der Waals surface area (Å²) in [5.74, 6) is 1.02. The van der Waals surface area contributed by atoms with E-state index in [-0.39, 0.29) is 5.56 Å². The van der Waals surface area contributed by atoms with E-state index < -0.39 is 6.43 Å². The normalized spacial score (nSPS) is 14.1. The lowest BCUT2D eigenvalue weighted by molar-refractivity contribution is 0.151. The maximum Gasteiger partial charge on any atom is 0.263 e. The van der Waals surface area contributed by atoms with Crippen LogP contribution in [-0.4, -0.2) is 25.1 Å². The fourth-order valence-corrected chi connectivity index (χ4v) is 2.98. The van der Waals surface area contributed by atoms with Gasteiger partial charge in [-0.25, -0.2) is 8.78 Å². The van der Waals surface area contributed by atoms with E-state index in [1.54, 1.807) is 12.1 Å². The van der Waals surface area contributed by atoms with Gasteiger partial charge in [0.25, 0.3) is 6.43 Å². The molecule has 25 heavy (non-hydrogen) atoms. The lowest BCUT2D eigenvalue weighted by Gasteiger charge is -2.20. The van der Waals surface area contributed by atoms with Crippen LogP contribution in [0.2, 0.25) is 0 Å². The van der Waals surface area contributed by atoms with Crippen LogP contribution < -0.4 is 4.74 Å². The Morgan fingerprint density at radius 1 is 1.16 bits per heavy atom. The average Bonchev–Trinajstić information content (AvgIpc) is 2.62. The van der Waals surface area contributed by atoms with Crippen molar-refractivity contribution in [1.29, 1.82) is 0 Å². The predicted molar refractivity (Wildman–Crippen MR) is 97.0 cm³/mol. The van der Waals surface area contributed by atoms with Crippen molar-refractivity contribution in [2.24, 2.45) is 0 Å². The summed E-state index contributed by atoms with van der Waals surface area (Å²) < 4.78 is 30.8. The van der Waals surface area contributed by atoms with Gasteiger partial charge in [0.1, 0.15) is 5.75 Å². The molecule has 0 atom stereocenters. The molecule has 0 spiro atoms. The Kier molecular flexibility index (Phi) is 5.82. The van der Waals surface area contributed by atoms with E-state index in [9.17, 15) is 8.78 Å². The first-order valence-electron chi connectivity index (χ1n) is 8.59. The van der Waals surface area contributed by atoms with Crippen LogP contribution in [0.5, 0.6) is 5.75 Å². The van der Waals surface area contributed by atoms with E-state index in [1.165, 1.54) is 23.3 Å². The highest BCUT2D eigenvalue weighted by Crippen LogP contribution is 2.26. The van der Waals surface area contributed by atoms with Crippen LogP contribution in [0.4, 0.5) is 8.78 Å². The maximum atomic E-state index is 12.5. The van der Waals surface area contributed by atoms with Crippen LogP contribution in [0.3, 0.4) is 0 Å². The van der Waals surface area contributed by atoms with Crippen molar-refractivity contribution in [3.8, 4) is 5.75 Å². The molecular weight excluding hydrogens is 320 g/mol. The minimum absolute atomic E-state index is 0.0592. The van der Waals surface area contributed by atoms with E-state index in [0.717, 1.165) is 43.9 Å². The Morgan fingerprint density at radius 3 is 2.72 bits per heavy atom. The van der Waals surface area contributed by atoms with E-state index in [4.69, 9.17) is 4.74 Å². The first kappa shape index (κ1) is 17.6. The van der Waals surface area contributed by atoms with Crippen LogP contribution in [0, 0.1) is 0 Å². The second-order valence-corrected chi connectivity index (χ2v) is 6.46. The third-order valence-electron chi connectivity index (χ3n) is 4.35. The number of aryl methyl sites for hydroxylation is 1. The number of halogens is 2. The van der Waals surface area contributed by atoms with Crippen LogP contribution in [0.25, 0.3) is 6.08 Å². The molecule has 3 rings (SSSR count). The summed E-state index contributed by atoms with van der Waals surface area (Å²) in [7, 11) is 2.06. The number of likely N-dealkylation sites (N-methyl/N-ethyl adjacent to an activating group) is 1. The summed E-state index contributed by atoms with van der Waals surface area (Å²) >= 11 is 0. The SMILES string of the molecule is CN(CC=Cc1ccc(C(F)F)cc1)Cc1ccc2c(c1)OCCC2. The maximum absolute atomic E-state index is 12.5. The number of alkyl halides is 2. The van der Waals surface area contributed by atoms with E-state index in [2.05, 4.69) is 30.1 Å². The highest BCUT2D eigenvalue weighted by Gasteiger charge is 2.11. The fourth-order valence-electron chi connectivity index (χ4n) is 2.98. The second kappa shape index (κ2) is 8.26. The molecule has 0 unspecified atom stereocenters. The fraction of sp³-hybridized carbons (Fsp3) is 0.333. The van der Waals surface area contributed by atoms with Gasteiger partial charge in [0.2, 0.25) is 0 Å². The van der Waals surface area contributed by atoms with Gasteiger partial charge in [0.05, 0.1) is 6.61 Å². The molecule has 2 nitrogen and oxygen atoms in total. The molecule has 0 saturated heterocycles. The zero-order valence-corrected chi connectivity index (χ0v) is 14.4. The minimum atomic E-state index is -2.41.